The lowest BCUT2D eigenvalue weighted by Crippen LogP contribution is -2.42. The van der Waals surface area contributed by atoms with Crippen LogP contribution in [0.3, 0.4) is 0 Å². The van der Waals surface area contributed by atoms with Gasteiger partial charge in [0.2, 0.25) is 0 Å². The van der Waals surface area contributed by atoms with Crippen LogP contribution in [-0.4, -0.2) is 37.4 Å². The normalized spacial score (nSPS) is 19.6. The maximum absolute atomic E-state index is 12.0. The van der Waals surface area contributed by atoms with Gasteiger partial charge in [-0.2, -0.15) is 0 Å². The number of carbonyl (C=O) groups is 1. The van der Waals surface area contributed by atoms with Gasteiger partial charge < -0.3 is 15.4 Å². The highest BCUT2D eigenvalue weighted by atomic mass is 32.2. The number of hydrogen-bond acceptors (Lipinski definition) is 4. The fourth-order valence-electron chi connectivity index (χ4n) is 2.21. The van der Waals surface area contributed by atoms with Crippen LogP contribution in [-0.2, 0) is 4.79 Å². The molecule has 0 saturated carbocycles. The molecule has 1 amide bonds. The number of amides is 1. The van der Waals surface area contributed by atoms with Crippen molar-refractivity contribution in [2.24, 2.45) is 0 Å². The Morgan fingerprint density at radius 3 is 2.85 bits per heavy atom. The van der Waals surface area contributed by atoms with Crippen LogP contribution in [0.4, 0.5) is 0 Å². The summed E-state index contributed by atoms with van der Waals surface area (Å²) in [5, 5.41) is 6.29. The van der Waals surface area contributed by atoms with Gasteiger partial charge in [0.25, 0.3) is 5.91 Å². The Labute approximate surface area is 124 Å². The molecule has 1 aliphatic heterocycles. The fraction of sp³-hybridized carbons (Fsp3) is 0.533. The molecular weight excluding hydrogens is 272 g/mol. The lowest BCUT2D eigenvalue weighted by Gasteiger charge is -2.17. The van der Waals surface area contributed by atoms with Crippen molar-refractivity contribution in [2.45, 2.75) is 36.8 Å². The van der Waals surface area contributed by atoms with Gasteiger partial charge in [0, 0.05) is 17.5 Å². The topological polar surface area (TPSA) is 50.4 Å². The number of nitrogens with one attached hydrogen (secondary N) is 2. The molecule has 0 radical (unpaired) electrons. The summed E-state index contributed by atoms with van der Waals surface area (Å²) in [5.41, 5.74) is 0. The highest BCUT2D eigenvalue weighted by Gasteiger charge is 2.18. The Hall–Kier alpha value is -1.20. The summed E-state index contributed by atoms with van der Waals surface area (Å²) < 4.78 is 5.65. The van der Waals surface area contributed by atoms with Gasteiger partial charge >= 0.3 is 0 Å². The lowest BCUT2D eigenvalue weighted by molar-refractivity contribution is -0.127. The molecule has 20 heavy (non-hydrogen) atoms. The first kappa shape index (κ1) is 15.2. The number of hydrogen-bond donors (Lipinski definition) is 2. The van der Waals surface area contributed by atoms with Gasteiger partial charge in [-0.1, -0.05) is 0 Å². The molecule has 2 atom stereocenters. The number of ether oxygens (including phenoxy) is 1. The van der Waals surface area contributed by atoms with E-state index in [0.717, 1.165) is 18.7 Å². The molecule has 2 unspecified atom stereocenters. The van der Waals surface area contributed by atoms with E-state index in [9.17, 15) is 4.79 Å². The third-order valence-corrected chi connectivity index (χ3v) is 4.17. The van der Waals surface area contributed by atoms with E-state index in [-0.39, 0.29) is 5.91 Å². The maximum atomic E-state index is 12.0. The predicted molar refractivity (Wildman–Crippen MR) is 82.3 cm³/mol. The second-order valence-corrected chi connectivity index (χ2v) is 5.85. The summed E-state index contributed by atoms with van der Waals surface area (Å²) in [5.74, 6) is 0.664. The zero-order chi connectivity index (χ0) is 14.4. The molecule has 1 aromatic carbocycles. The molecule has 1 fully saturated rings. The minimum atomic E-state index is -0.475. The quantitative estimate of drug-likeness (QED) is 0.788. The van der Waals surface area contributed by atoms with Gasteiger partial charge in [-0.25, -0.2) is 0 Å². The number of rotatable bonds is 6. The van der Waals surface area contributed by atoms with Crippen LogP contribution < -0.4 is 15.4 Å². The zero-order valence-electron chi connectivity index (χ0n) is 12.0. The van der Waals surface area contributed by atoms with E-state index < -0.39 is 6.10 Å². The van der Waals surface area contributed by atoms with Crippen molar-refractivity contribution in [2.75, 3.05) is 19.3 Å². The summed E-state index contributed by atoms with van der Waals surface area (Å²) >= 11 is 1.68. The smallest absolute Gasteiger partial charge is 0.260 e. The molecule has 110 valence electrons. The molecule has 4 nitrogen and oxygen atoms in total. The Morgan fingerprint density at radius 2 is 2.25 bits per heavy atom. The van der Waals surface area contributed by atoms with E-state index in [4.69, 9.17) is 4.74 Å². The van der Waals surface area contributed by atoms with Crippen molar-refractivity contribution in [3.63, 3.8) is 0 Å². The van der Waals surface area contributed by atoms with Gasteiger partial charge in [-0.05, 0) is 56.8 Å². The van der Waals surface area contributed by atoms with Crippen LogP contribution in [0, 0.1) is 0 Å². The molecule has 1 heterocycles. The SMILES string of the molecule is CSc1ccc(OC(C)C(=O)NCC2CCCN2)cc1. The van der Waals surface area contributed by atoms with Gasteiger partial charge in [0.15, 0.2) is 6.10 Å². The van der Waals surface area contributed by atoms with Crippen molar-refractivity contribution in [3.8, 4) is 5.75 Å². The van der Waals surface area contributed by atoms with E-state index in [1.165, 1.54) is 11.3 Å². The molecule has 0 aromatic heterocycles. The van der Waals surface area contributed by atoms with E-state index >= 15 is 0 Å². The van der Waals surface area contributed by atoms with Crippen LogP contribution in [0.25, 0.3) is 0 Å². The summed E-state index contributed by atoms with van der Waals surface area (Å²) in [7, 11) is 0. The molecule has 2 N–H and O–H groups in total. The van der Waals surface area contributed by atoms with Crippen LogP contribution >= 0.6 is 11.8 Å². The largest absolute Gasteiger partial charge is 0.481 e. The zero-order valence-corrected chi connectivity index (χ0v) is 12.8. The van der Waals surface area contributed by atoms with Crippen molar-refractivity contribution < 1.29 is 9.53 Å². The Kier molecular flexibility index (Phi) is 5.73. The Morgan fingerprint density at radius 1 is 1.50 bits per heavy atom. The molecule has 1 aromatic rings. The first-order valence-corrected chi connectivity index (χ1v) is 8.23. The molecule has 1 aliphatic rings. The summed E-state index contributed by atoms with van der Waals surface area (Å²) in [4.78, 5) is 13.1. The first-order chi connectivity index (χ1) is 9.69. The Balaban J connectivity index is 1.77. The summed E-state index contributed by atoms with van der Waals surface area (Å²) in [6.07, 6.45) is 3.87. The van der Waals surface area contributed by atoms with Gasteiger partial charge in [0.1, 0.15) is 5.75 Å². The number of benzene rings is 1. The second kappa shape index (κ2) is 7.55. The average molecular weight is 294 g/mol. The summed E-state index contributed by atoms with van der Waals surface area (Å²) in [6, 6.07) is 8.19. The van der Waals surface area contributed by atoms with Gasteiger partial charge in [-0.3, -0.25) is 4.79 Å². The molecule has 0 spiro atoms. The number of thioether (sulfide) groups is 1. The Bertz CT molecular complexity index is 430. The third-order valence-electron chi connectivity index (χ3n) is 3.43. The van der Waals surface area contributed by atoms with E-state index in [2.05, 4.69) is 10.6 Å². The fourth-order valence-corrected chi connectivity index (χ4v) is 2.62. The number of carbonyl (C=O) groups excluding carboxylic acids is 1. The monoisotopic (exact) mass is 294 g/mol. The van der Waals surface area contributed by atoms with Crippen molar-refractivity contribution in [3.05, 3.63) is 24.3 Å². The third kappa shape index (κ3) is 4.42. The summed E-state index contributed by atoms with van der Waals surface area (Å²) in [6.45, 7) is 3.51. The van der Waals surface area contributed by atoms with Crippen molar-refractivity contribution in [1.29, 1.82) is 0 Å². The minimum Gasteiger partial charge on any atom is -0.481 e. The van der Waals surface area contributed by atoms with Crippen molar-refractivity contribution in [1.82, 2.24) is 10.6 Å². The van der Waals surface area contributed by atoms with E-state index in [0.29, 0.717) is 12.6 Å². The van der Waals surface area contributed by atoms with Crippen molar-refractivity contribution >= 4 is 17.7 Å². The minimum absolute atomic E-state index is 0.0624. The van der Waals surface area contributed by atoms with Gasteiger partial charge in [-0.15, -0.1) is 11.8 Å². The molecule has 5 heteroatoms. The maximum Gasteiger partial charge on any atom is 0.260 e. The molecule has 0 bridgehead atoms. The first-order valence-electron chi connectivity index (χ1n) is 7.01. The van der Waals surface area contributed by atoms with Crippen LogP contribution in [0.1, 0.15) is 19.8 Å². The highest BCUT2D eigenvalue weighted by Crippen LogP contribution is 2.19. The van der Waals surface area contributed by atoms with Gasteiger partial charge in [0.05, 0.1) is 0 Å². The van der Waals surface area contributed by atoms with Crippen LogP contribution in [0.2, 0.25) is 0 Å². The highest BCUT2D eigenvalue weighted by molar-refractivity contribution is 7.98. The van der Waals surface area contributed by atoms with Crippen LogP contribution in [0.5, 0.6) is 5.75 Å². The predicted octanol–water partition coefficient (Wildman–Crippen LogP) is 2.04. The van der Waals surface area contributed by atoms with E-state index in [1.807, 2.05) is 30.5 Å². The second-order valence-electron chi connectivity index (χ2n) is 4.97. The molecule has 0 aliphatic carbocycles. The molecular formula is C15H22N2O2S. The molecule has 1 saturated heterocycles. The lowest BCUT2D eigenvalue weighted by atomic mass is 10.2. The average Bonchev–Trinajstić information content (AvgIpc) is 2.98. The van der Waals surface area contributed by atoms with Crippen LogP contribution in [0.15, 0.2) is 29.2 Å². The standard InChI is InChI=1S/C15H22N2O2S/c1-11(15(18)17-10-12-4-3-9-16-12)19-13-5-7-14(20-2)8-6-13/h5-8,11-12,16H,3-4,9-10H2,1-2H3,(H,17,18). The molecule has 2 rings (SSSR count). The van der Waals surface area contributed by atoms with E-state index in [1.54, 1.807) is 18.7 Å².